The zero-order valence-corrected chi connectivity index (χ0v) is 20.3. The Hall–Kier alpha value is -2.44. The molecule has 0 unspecified atom stereocenters. The predicted molar refractivity (Wildman–Crippen MR) is 134 cm³/mol. The van der Waals surface area contributed by atoms with E-state index in [1.54, 1.807) is 0 Å². The van der Waals surface area contributed by atoms with E-state index in [0.717, 1.165) is 60.9 Å². The van der Waals surface area contributed by atoms with Gasteiger partial charge in [-0.3, -0.25) is 0 Å². The molecule has 0 saturated carbocycles. The molecular weight excluding hydrogens is 410 g/mol. The summed E-state index contributed by atoms with van der Waals surface area (Å²) in [6, 6.07) is 11.7. The summed E-state index contributed by atoms with van der Waals surface area (Å²) in [7, 11) is 0. The maximum Gasteiger partial charge on any atom is 0.160 e. The first-order valence-corrected chi connectivity index (χ1v) is 12.5. The SMILES string of the molecule is Cc1cc(C)c2nc(C)n(Cc3ccc(NCC4CCN(C5CCOCC5)CC4)cc3)c2n1. The lowest BCUT2D eigenvalue weighted by Crippen LogP contribution is -2.44. The number of aromatic nitrogens is 3. The minimum absolute atomic E-state index is 0.750. The number of fused-ring (bicyclic) bond motifs is 1. The number of rotatable bonds is 6. The van der Waals surface area contributed by atoms with Crippen LogP contribution in [0.4, 0.5) is 5.69 Å². The van der Waals surface area contributed by atoms with Crippen LogP contribution in [0, 0.1) is 26.7 Å². The molecule has 4 heterocycles. The van der Waals surface area contributed by atoms with Crippen molar-refractivity contribution in [3.63, 3.8) is 0 Å². The van der Waals surface area contributed by atoms with Crippen molar-refractivity contribution >= 4 is 16.9 Å². The summed E-state index contributed by atoms with van der Waals surface area (Å²) in [6.45, 7) is 12.4. The number of hydrogen-bond acceptors (Lipinski definition) is 5. The lowest BCUT2D eigenvalue weighted by molar-refractivity contribution is 0.0219. The first-order valence-electron chi connectivity index (χ1n) is 12.5. The third-order valence-corrected chi connectivity index (χ3v) is 7.46. The number of piperidine rings is 1. The molecule has 5 rings (SSSR count). The van der Waals surface area contributed by atoms with Crippen molar-refractivity contribution in [2.45, 2.75) is 59.0 Å². The Morgan fingerprint density at radius 3 is 2.42 bits per heavy atom. The van der Waals surface area contributed by atoms with Gasteiger partial charge in [0.1, 0.15) is 11.3 Å². The quantitative estimate of drug-likeness (QED) is 0.593. The molecule has 3 aromatic rings. The fraction of sp³-hybridized carbons (Fsp3) is 0.556. The van der Waals surface area contributed by atoms with E-state index in [0.29, 0.717) is 0 Å². The Morgan fingerprint density at radius 1 is 0.970 bits per heavy atom. The standard InChI is InChI=1S/C27H37N5O/c1-19-16-20(2)29-27-26(19)30-21(3)32(27)18-23-4-6-24(7-5-23)28-17-22-8-12-31(13-9-22)25-10-14-33-15-11-25/h4-7,16,22,25,28H,8-15,17-18H2,1-3H3. The largest absolute Gasteiger partial charge is 0.385 e. The maximum atomic E-state index is 5.53. The number of imidazole rings is 1. The first kappa shape index (κ1) is 22.4. The molecular formula is C27H37N5O. The van der Waals surface area contributed by atoms with Gasteiger partial charge in [-0.05, 0) is 94.8 Å². The smallest absolute Gasteiger partial charge is 0.160 e. The third kappa shape index (κ3) is 5.07. The average Bonchev–Trinajstić information content (AvgIpc) is 3.15. The Kier molecular flexibility index (Phi) is 6.65. The highest BCUT2D eigenvalue weighted by Crippen LogP contribution is 2.24. The molecule has 6 heteroatoms. The lowest BCUT2D eigenvalue weighted by atomic mass is 9.94. The number of pyridine rings is 1. The summed E-state index contributed by atoms with van der Waals surface area (Å²) in [6.07, 6.45) is 5.00. The van der Waals surface area contributed by atoms with Gasteiger partial charge in [0.05, 0.1) is 6.54 Å². The highest BCUT2D eigenvalue weighted by atomic mass is 16.5. The molecule has 0 amide bonds. The Labute approximate surface area is 197 Å². The van der Waals surface area contributed by atoms with Crippen LogP contribution in [0.1, 0.15) is 48.3 Å². The first-order chi connectivity index (χ1) is 16.1. The molecule has 0 aliphatic carbocycles. The van der Waals surface area contributed by atoms with Crippen molar-refractivity contribution in [2.24, 2.45) is 5.92 Å². The van der Waals surface area contributed by atoms with Gasteiger partial charge in [-0.2, -0.15) is 0 Å². The van der Waals surface area contributed by atoms with Crippen molar-refractivity contribution in [2.75, 3.05) is 38.2 Å². The molecule has 0 radical (unpaired) electrons. The van der Waals surface area contributed by atoms with Gasteiger partial charge in [0, 0.05) is 37.2 Å². The summed E-state index contributed by atoms with van der Waals surface area (Å²) in [5.41, 5.74) is 6.71. The average molecular weight is 448 g/mol. The molecule has 0 bridgehead atoms. The minimum Gasteiger partial charge on any atom is -0.385 e. The van der Waals surface area contributed by atoms with Crippen LogP contribution >= 0.6 is 0 Å². The highest BCUT2D eigenvalue weighted by molar-refractivity contribution is 5.76. The number of nitrogens with one attached hydrogen (secondary N) is 1. The van der Waals surface area contributed by atoms with Crippen LogP contribution in [0.2, 0.25) is 0 Å². The number of anilines is 1. The van der Waals surface area contributed by atoms with E-state index in [4.69, 9.17) is 14.7 Å². The number of benzene rings is 1. The van der Waals surface area contributed by atoms with Gasteiger partial charge in [0.25, 0.3) is 0 Å². The van der Waals surface area contributed by atoms with Gasteiger partial charge < -0.3 is 19.5 Å². The zero-order chi connectivity index (χ0) is 22.8. The van der Waals surface area contributed by atoms with E-state index in [9.17, 15) is 0 Å². The normalized spacial score (nSPS) is 18.8. The number of ether oxygens (including phenoxy) is 1. The second kappa shape index (κ2) is 9.82. The Bertz CT molecular complexity index is 1080. The molecule has 1 N–H and O–H groups in total. The van der Waals surface area contributed by atoms with Crippen molar-refractivity contribution in [1.29, 1.82) is 0 Å². The van der Waals surface area contributed by atoms with Crippen molar-refractivity contribution in [3.8, 4) is 0 Å². The van der Waals surface area contributed by atoms with Gasteiger partial charge in [-0.15, -0.1) is 0 Å². The van der Waals surface area contributed by atoms with Gasteiger partial charge >= 0.3 is 0 Å². The summed E-state index contributed by atoms with van der Waals surface area (Å²) >= 11 is 0. The van der Waals surface area contributed by atoms with E-state index < -0.39 is 0 Å². The van der Waals surface area contributed by atoms with Crippen LogP contribution in [0.15, 0.2) is 30.3 Å². The van der Waals surface area contributed by atoms with Crippen LogP contribution < -0.4 is 5.32 Å². The molecule has 2 fully saturated rings. The molecule has 176 valence electrons. The van der Waals surface area contributed by atoms with E-state index in [1.807, 2.05) is 6.92 Å². The summed E-state index contributed by atoms with van der Waals surface area (Å²) in [5, 5.41) is 3.68. The molecule has 1 aromatic carbocycles. The number of nitrogens with zero attached hydrogens (tertiary/aromatic N) is 4. The van der Waals surface area contributed by atoms with E-state index in [-0.39, 0.29) is 0 Å². The molecule has 2 saturated heterocycles. The van der Waals surface area contributed by atoms with Crippen LogP contribution in [-0.2, 0) is 11.3 Å². The van der Waals surface area contributed by atoms with Crippen molar-refractivity contribution in [3.05, 3.63) is 53.0 Å². The fourth-order valence-corrected chi connectivity index (χ4v) is 5.45. The monoisotopic (exact) mass is 447 g/mol. The highest BCUT2D eigenvalue weighted by Gasteiger charge is 2.26. The van der Waals surface area contributed by atoms with Crippen molar-refractivity contribution in [1.82, 2.24) is 19.4 Å². The van der Waals surface area contributed by atoms with Gasteiger partial charge in [-0.25, -0.2) is 9.97 Å². The molecule has 2 aliphatic heterocycles. The number of likely N-dealkylation sites (tertiary alicyclic amines) is 1. The van der Waals surface area contributed by atoms with E-state index in [2.05, 4.69) is 59.0 Å². The minimum atomic E-state index is 0.750. The van der Waals surface area contributed by atoms with Crippen LogP contribution in [0.25, 0.3) is 11.2 Å². The molecule has 0 spiro atoms. The van der Waals surface area contributed by atoms with E-state index in [1.165, 1.54) is 55.6 Å². The summed E-state index contributed by atoms with van der Waals surface area (Å²) in [4.78, 5) is 12.2. The predicted octanol–water partition coefficient (Wildman–Crippen LogP) is 4.71. The molecule has 2 aliphatic rings. The molecule has 0 atom stereocenters. The van der Waals surface area contributed by atoms with Gasteiger partial charge in [-0.1, -0.05) is 12.1 Å². The second-order valence-electron chi connectivity index (χ2n) is 9.90. The Balaban J connectivity index is 1.15. The maximum absolute atomic E-state index is 5.53. The molecule has 2 aromatic heterocycles. The van der Waals surface area contributed by atoms with E-state index >= 15 is 0 Å². The van der Waals surface area contributed by atoms with Crippen molar-refractivity contribution < 1.29 is 4.74 Å². The Morgan fingerprint density at radius 2 is 1.70 bits per heavy atom. The fourth-order valence-electron chi connectivity index (χ4n) is 5.45. The number of aryl methyl sites for hydroxylation is 3. The summed E-state index contributed by atoms with van der Waals surface area (Å²) < 4.78 is 7.75. The third-order valence-electron chi connectivity index (χ3n) is 7.46. The molecule has 33 heavy (non-hydrogen) atoms. The lowest BCUT2D eigenvalue weighted by Gasteiger charge is -2.39. The zero-order valence-electron chi connectivity index (χ0n) is 20.3. The van der Waals surface area contributed by atoms with Gasteiger partial charge in [0.2, 0.25) is 0 Å². The van der Waals surface area contributed by atoms with Gasteiger partial charge in [0.15, 0.2) is 5.65 Å². The second-order valence-corrected chi connectivity index (χ2v) is 9.90. The summed E-state index contributed by atoms with van der Waals surface area (Å²) in [5.74, 6) is 1.78. The topological polar surface area (TPSA) is 55.2 Å². The number of hydrogen-bond donors (Lipinski definition) is 1. The van der Waals surface area contributed by atoms with Crippen LogP contribution in [0.5, 0.6) is 0 Å². The van der Waals surface area contributed by atoms with Crippen LogP contribution in [-0.4, -0.2) is 58.3 Å². The molecule has 6 nitrogen and oxygen atoms in total. The van der Waals surface area contributed by atoms with Crippen LogP contribution in [0.3, 0.4) is 0 Å².